The summed E-state index contributed by atoms with van der Waals surface area (Å²) in [6, 6.07) is 0. The highest BCUT2D eigenvalue weighted by Gasteiger charge is 2.62. The smallest absolute Gasteiger partial charge is 0.310 e. The van der Waals surface area contributed by atoms with Crippen LogP contribution in [0.25, 0.3) is 0 Å². The van der Waals surface area contributed by atoms with Crippen molar-refractivity contribution in [1.29, 1.82) is 0 Å². The Bertz CT molecular complexity index is 658. The van der Waals surface area contributed by atoms with Crippen molar-refractivity contribution in [3.05, 3.63) is 41.2 Å². The van der Waals surface area contributed by atoms with E-state index in [-0.39, 0.29) is 0 Å². The maximum atomic E-state index is 13.4. The normalized spacial score (nSPS) is 21.7. The molecular weight excluding hydrogens is 328 g/mol. The third kappa shape index (κ3) is 3.18. The summed E-state index contributed by atoms with van der Waals surface area (Å²) in [4.78, 5) is 14.2. The highest BCUT2D eigenvalue weighted by atomic mass is 19.3. The molecule has 1 fully saturated rings. The van der Waals surface area contributed by atoms with Crippen LogP contribution in [0.5, 0.6) is 0 Å². The lowest BCUT2D eigenvalue weighted by molar-refractivity contribution is -0.147. The largest absolute Gasteiger partial charge is 0.460 e. The molecule has 1 heterocycles. The van der Waals surface area contributed by atoms with Gasteiger partial charge in [0.15, 0.2) is 11.6 Å². The molecule has 1 aromatic rings. The Hall–Kier alpha value is -2.06. The van der Waals surface area contributed by atoms with E-state index in [1.54, 1.807) is 0 Å². The van der Waals surface area contributed by atoms with Crippen molar-refractivity contribution >= 4 is 5.97 Å². The summed E-state index contributed by atoms with van der Waals surface area (Å²) in [7, 11) is 0. The number of aromatic nitrogens is 1. The zero-order valence-corrected chi connectivity index (χ0v) is 12.0. The molecule has 0 spiro atoms. The van der Waals surface area contributed by atoms with Gasteiger partial charge in [-0.15, -0.1) is 0 Å². The molecule has 0 saturated heterocycles. The molecule has 0 aliphatic heterocycles. The molecule has 2 atom stereocenters. The van der Waals surface area contributed by atoms with Gasteiger partial charge < -0.3 is 4.74 Å². The van der Waals surface area contributed by atoms with Crippen molar-refractivity contribution in [1.82, 2.24) is 4.98 Å². The van der Waals surface area contributed by atoms with Gasteiger partial charge in [0.05, 0.1) is 11.5 Å². The molecule has 0 aromatic carbocycles. The Morgan fingerprint density at radius 3 is 2.17 bits per heavy atom. The number of carbonyl (C=O) groups is 1. The van der Waals surface area contributed by atoms with Crippen LogP contribution in [0.4, 0.5) is 26.3 Å². The average Bonchev–Trinajstić information content (AvgIpc) is 2.96. The van der Waals surface area contributed by atoms with E-state index in [9.17, 15) is 31.1 Å². The first kappa shape index (κ1) is 17.3. The number of allylic oxidation sites excluding steroid dienone is 1. The van der Waals surface area contributed by atoms with E-state index in [4.69, 9.17) is 0 Å². The first-order valence-electron chi connectivity index (χ1n) is 6.45. The molecule has 0 amide bonds. The number of hydrogen-bond acceptors (Lipinski definition) is 3. The first-order chi connectivity index (χ1) is 10.6. The maximum Gasteiger partial charge on any atom is 0.310 e. The van der Waals surface area contributed by atoms with Crippen LogP contribution in [-0.2, 0) is 16.1 Å². The van der Waals surface area contributed by atoms with E-state index in [1.807, 2.05) is 0 Å². The Kier molecular flexibility index (Phi) is 4.41. The van der Waals surface area contributed by atoms with Gasteiger partial charge in [-0.1, -0.05) is 13.8 Å². The number of halogens is 6. The van der Waals surface area contributed by atoms with Crippen LogP contribution in [0.2, 0.25) is 0 Å². The molecule has 0 bridgehead atoms. The number of esters is 1. The number of carbonyl (C=O) groups excluding carboxylic acids is 1. The fourth-order valence-corrected chi connectivity index (χ4v) is 2.46. The van der Waals surface area contributed by atoms with Gasteiger partial charge in [-0.25, -0.2) is 8.78 Å². The molecule has 3 nitrogen and oxygen atoms in total. The van der Waals surface area contributed by atoms with Gasteiger partial charge in [0.2, 0.25) is 0 Å². The van der Waals surface area contributed by atoms with Crippen molar-refractivity contribution in [2.45, 2.75) is 20.5 Å². The van der Waals surface area contributed by atoms with E-state index in [0.717, 1.165) is 0 Å². The average molecular weight is 339 g/mol. The summed E-state index contributed by atoms with van der Waals surface area (Å²) >= 11 is 0. The second-order valence-corrected chi connectivity index (χ2v) is 5.69. The van der Waals surface area contributed by atoms with Gasteiger partial charge in [-0.05, 0) is 11.5 Å². The number of ether oxygens (including phenoxy) is 1. The third-order valence-electron chi connectivity index (χ3n) is 3.92. The molecule has 1 aliphatic carbocycles. The standard InChI is InChI=1S/C14H11F6NO2/c1-14(2)6(3-7(15)16)8(14)13(22)23-4-5-9(17)11(19)21-12(20)10(5)18/h3,6,8H,4H2,1-2H3/t6-,8+/m0/s1. The lowest BCUT2D eigenvalue weighted by atomic mass is 10.1. The van der Waals surface area contributed by atoms with Crippen LogP contribution in [0.1, 0.15) is 19.4 Å². The van der Waals surface area contributed by atoms with Crippen molar-refractivity contribution in [2.75, 3.05) is 0 Å². The van der Waals surface area contributed by atoms with Gasteiger partial charge in [-0.3, -0.25) is 4.79 Å². The van der Waals surface area contributed by atoms with Crippen molar-refractivity contribution in [3.63, 3.8) is 0 Å². The zero-order chi connectivity index (χ0) is 17.5. The topological polar surface area (TPSA) is 39.2 Å². The molecule has 23 heavy (non-hydrogen) atoms. The van der Waals surface area contributed by atoms with Crippen molar-refractivity contribution in [2.24, 2.45) is 17.3 Å². The summed E-state index contributed by atoms with van der Waals surface area (Å²) in [5.41, 5.74) is -1.95. The van der Waals surface area contributed by atoms with Crippen LogP contribution in [0.15, 0.2) is 12.2 Å². The molecule has 9 heteroatoms. The number of nitrogens with zero attached hydrogens (tertiary/aromatic N) is 1. The first-order valence-corrected chi connectivity index (χ1v) is 6.45. The monoisotopic (exact) mass is 339 g/mol. The summed E-state index contributed by atoms with van der Waals surface area (Å²) in [5.74, 6) is -10.0. The fourth-order valence-electron chi connectivity index (χ4n) is 2.46. The van der Waals surface area contributed by atoms with Gasteiger partial charge in [0.1, 0.15) is 6.61 Å². The Balaban J connectivity index is 2.11. The summed E-state index contributed by atoms with van der Waals surface area (Å²) in [5, 5.41) is 0. The molecule has 0 unspecified atom stereocenters. The zero-order valence-electron chi connectivity index (χ0n) is 12.0. The molecule has 1 aliphatic rings. The molecular formula is C14H11F6NO2. The van der Waals surface area contributed by atoms with E-state index >= 15 is 0 Å². The highest BCUT2D eigenvalue weighted by molar-refractivity contribution is 5.78. The minimum atomic E-state index is -1.96. The van der Waals surface area contributed by atoms with E-state index in [0.29, 0.717) is 6.08 Å². The van der Waals surface area contributed by atoms with Crippen LogP contribution in [0, 0.1) is 40.8 Å². The minimum absolute atomic E-state index is 0.596. The Morgan fingerprint density at radius 2 is 1.70 bits per heavy atom. The van der Waals surface area contributed by atoms with Crippen LogP contribution >= 0.6 is 0 Å². The fraction of sp³-hybridized carbons (Fsp3) is 0.429. The van der Waals surface area contributed by atoms with Gasteiger partial charge in [-0.2, -0.15) is 22.5 Å². The Morgan fingerprint density at radius 1 is 1.17 bits per heavy atom. The number of hydrogen-bond donors (Lipinski definition) is 0. The molecule has 126 valence electrons. The predicted octanol–water partition coefficient (Wildman–Crippen LogP) is 3.73. The van der Waals surface area contributed by atoms with Crippen molar-refractivity contribution in [3.8, 4) is 0 Å². The predicted molar refractivity (Wildman–Crippen MR) is 64.9 cm³/mol. The maximum absolute atomic E-state index is 13.4. The Labute approximate surface area is 127 Å². The summed E-state index contributed by atoms with van der Waals surface area (Å²) in [6.07, 6.45) is -1.37. The van der Waals surface area contributed by atoms with Gasteiger partial charge >= 0.3 is 5.97 Å². The molecule has 1 saturated carbocycles. The minimum Gasteiger partial charge on any atom is -0.460 e. The van der Waals surface area contributed by atoms with E-state index in [1.165, 1.54) is 13.8 Å². The van der Waals surface area contributed by atoms with Crippen molar-refractivity contribution < 1.29 is 35.9 Å². The van der Waals surface area contributed by atoms with Crippen LogP contribution in [0.3, 0.4) is 0 Å². The van der Waals surface area contributed by atoms with E-state index < -0.39 is 65.0 Å². The van der Waals surface area contributed by atoms with Crippen LogP contribution in [-0.4, -0.2) is 11.0 Å². The lowest BCUT2D eigenvalue weighted by Crippen LogP contribution is -2.14. The van der Waals surface area contributed by atoms with E-state index in [2.05, 4.69) is 9.72 Å². The quantitative estimate of drug-likeness (QED) is 0.477. The van der Waals surface area contributed by atoms with Gasteiger partial charge in [0.25, 0.3) is 18.0 Å². The highest BCUT2D eigenvalue weighted by Crippen LogP contribution is 2.60. The molecule has 0 radical (unpaired) electrons. The summed E-state index contributed by atoms with van der Waals surface area (Å²) < 4.78 is 81.7. The second kappa shape index (κ2) is 5.86. The second-order valence-electron chi connectivity index (χ2n) is 5.69. The third-order valence-corrected chi connectivity index (χ3v) is 3.92. The molecule has 2 rings (SSSR count). The van der Waals surface area contributed by atoms with Gasteiger partial charge in [0, 0.05) is 5.92 Å². The van der Waals surface area contributed by atoms with Crippen LogP contribution < -0.4 is 0 Å². The SMILES string of the molecule is CC1(C)[C@@H](C=C(F)F)[C@@H]1C(=O)OCc1c(F)c(F)nc(F)c1F. The number of pyridine rings is 1. The molecule has 0 N–H and O–H groups in total. The molecule has 1 aromatic heterocycles. The lowest BCUT2D eigenvalue weighted by Gasteiger charge is -2.08. The summed E-state index contributed by atoms with van der Waals surface area (Å²) in [6.45, 7) is 2.00. The number of rotatable bonds is 4.